The van der Waals surface area contributed by atoms with Gasteiger partial charge in [-0.3, -0.25) is 0 Å². The van der Waals surface area contributed by atoms with Crippen LogP contribution in [0, 0.1) is 0 Å². The predicted octanol–water partition coefficient (Wildman–Crippen LogP) is 2.58. The zero-order valence-electron chi connectivity index (χ0n) is 13.5. The maximum atomic E-state index is 9.55. The van der Waals surface area contributed by atoms with E-state index in [1.54, 1.807) is 0 Å². The van der Waals surface area contributed by atoms with Gasteiger partial charge in [0, 0.05) is 37.0 Å². The number of aryl methyl sites for hydroxylation is 2. The second kappa shape index (κ2) is 8.50. The molecule has 0 saturated heterocycles. The van der Waals surface area contributed by atoms with Crippen LogP contribution in [0.1, 0.15) is 11.1 Å². The third-order valence-electron chi connectivity index (χ3n) is 3.79. The van der Waals surface area contributed by atoms with Crippen molar-refractivity contribution < 1.29 is 19.8 Å². The number of halogens is 1. The van der Waals surface area contributed by atoms with Crippen LogP contribution in [0.2, 0.25) is 5.02 Å². The summed E-state index contributed by atoms with van der Waals surface area (Å²) in [6.45, 7) is 1.50. The van der Waals surface area contributed by atoms with E-state index in [2.05, 4.69) is 22.9 Å². The van der Waals surface area contributed by atoms with Crippen molar-refractivity contribution in [1.82, 2.24) is 4.57 Å². The van der Waals surface area contributed by atoms with Gasteiger partial charge in [0.05, 0.1) is 10.7 Å². The van der Waals surface area contributed by atoms with Gasteiger partial charge >= 0.3 is 11.9 Å². The quantitative estimate of drug-likeness (QED) is 0.725. The molecule has 1 aliphatic rings. The lowest BCUT2D eigenvalue weighted by Gasteiger charge is -2.20. The van der Waals surface area contributed by atoms with Gasteiger partial charge in [0.15, 0.2) is 0 Å². The number of nitrogens with zero attached hydrogens (tertiary/aromatic N) is 1. The first-order chi connectivity index (χ1) is 11.9. The largest absolute Gasteiger partial charge is 0.478 e. The molecule has 0 radical (unpaired) electrons. The summed E-state index contributed by atoms with van der Waals surface area (Å²) in [6.07, 6.45) is 5.41. The van der Waals surface area contributed by atoms with Crippen molar-refractivity contribution >= 4 is 23.5 Å². The van der Waals surface area contributed by atoms with Gasteiger partial charge in [-0.15, -0.1) is 0 Å². The van der Waals surface area contributed by atoms with Crippen LogP contribution in [0.3, 0.4) is 0 Å². The van der Waals surface area contributed by atoms with E-state index in [0.29, 0.717) is 18.7 Å². The number of aromatic nitrogens is 1. The summed E-state index contributed by atoms with van der Waals surface area (Å²) < 4.78 is 2.22. The van der Waals surface area contributed by atoms with Crippen LogP contribution in [0.4, 0.5) is 0 Å². The number of rotatable bonds is 4. The minimum absolute atomic E-state index is 0.558. The van der Waals surface area contributed by atoms with Crippen LogP contribution in [-0.2, 0) is 29.0 Å². The molecule has 3 rings (SSSR count). The minimum atomic E-state index is -1.26. The van der Waals surface area contributed by atoms with E-state index in [1.165, 1.54) is 22.4 Å². The second-order valence-corrected chi connectivity index (χ2v) is 5.86. The van der Waals surface area contributed by atoms with Crippen molar-refractivity contribution in [1.29, 1.82) is 0 Å². The number of carboxylic acids is 2. The lowest BCUT2D eigenvalue weighted by Crippen LogP contribution is -2.13. The molecule has 7 heteroatoms. The maximum Gasteiger partial charge on any atom is 0.328 e. The van der Waals surface area contributed by atoms with Gasteiger partial charge in [-0.25, -0.2) is 9.59 Å². The molecule has 0 bridgehead atoms. The zero-order valence-corrected chi connectivity index (χ0v) is 14.2. The Labute approximate surface area is 150 Å². The summed E-state index contributed by atoms with van der Waals surface area (Å²) in [7, 11) is 0. The zero-order chi connectivity index (χ0) is 18.4. The predicted molar refractivity (Wildman–Crippen MR) is 95.8 cm³/mol. The smallest absolute Gasteiger partial charge is 0.328 e. The number of hydrogen-bond acceptors (Lipinski definition) is 3. The first kappa shape index (κ1) is 18.8. The Bertz CT molecular complexity index is 795. The van der Waals surface area contributed by atoms with Crippen LogP contribution in [0.5, 0.6) is 0 Å². The molecule has 4 N–H and O–H groups in total. The molecule has 0 atom stereocenters. The number of carbonyl (C=O) groups is 2. The van der Waals surface area contributed by atoms with E-state index in [9.17, 15) is 9.59 Å². The SMILES string of the molecule is NCCn1ccc2c1-c1c(Cl)cccc1CC2.O=C(O)C=CC(=O)O. The van der Waals surface area contributed by atoms with E-state index in [-0.39, 0.29) is 0 Å². The van der Waals surface area contributed by atoms with Crippen LogP contribution < -0.4 is 5.73 Å². The monoisotopic (exact) mass is 362 g/mol. The van der Waals surface area contributed by atoms with Gasteiger partial charge in [0.2, 0.25) is 0 Å². The Balaban J connectivity index is 0.000000242. The highest BCUT2D eigenvalue weighted by Gasteiger charge is 2.21. The summed E-state index contributed by atoms with van der Waals surface area (Å²) in [5.74, 6) is -2.51. The molecule has 0 unspecified atom stereocenters. The first-order valence-corrected chi connectivity index (χ1v) is 8.11. The molecule has 6 nitrogen and oxygen atoms in total. The normalized spacial score (nSPS) is 12.1. The summed E-state index contributed by atoms with van der Waals surface area (Å²) in [5.41, 5.74) is 10.9. The molecule has 0 saturated carbocycles. The fraction of sp³-hybridized carbons (Fsp3) is 0.222. The summed E-state index contributed by atoms with van der Waals surface area (Å²) in [4.78, 5) is 19.1. The van der Waals surface area contributed by atoms with Crippen LogP contribution in [0.15, 0.2) is 42.6 Å². The molecule has 2 aromatic rings. The molecular weight excluding hydrogens is 344 g/mol. The number of nitrogens with two attached hydrogens (primary N) is 1. The maximum absolute atomic E-state index is 9.55. The van der Waals surface area contributed by atoms with E-state index in [1.807, 2.05) is 12.1 Å². The van der Waals surface area contributed by atoms with Gasteiger partial charge in [-0.1, -0.05) is 23.7 Å². The molecule has 132 valence electrons. The van der Waals surface area contributed by atoms with Gasteiger partial charge in [-0.2, -0.15) is 0 Å². The van der Waals surface area contributed by atoms with Gasteiger partial charge in [-0.05, 0) is 36.1 Å². The van der Waals surface area contributed by atoms with Crippen molar-refractivity contribution in [2.24, 2.45) is 5.73 Å². The van der Waals surface area contributed by atoms with Gasteiger partial charge in [0.25, 0.3) is 0 Å². The average molecular weight is 363 g/mol. The fourth-order valence-corrected chi connectivity index (χ4v) is 3.09. The molecule has 0 amide bonds. The molecule has 0 spiro atoms. The van der Waals surface area contributed by atoms with Crippen molar-refractivity contribution in [3.63, 3.8) is 0 Å². The minimum Gasteiger partial charge on any atom is -0.478 e. The Morgan fingerprint density at radius 2 is 1.76 bits per heavy atom. The van der Waals surface area contributed by atoms with E-state index in [0.717, 1.165) is 24.4 Å². The Hall–Kier alpha value is -2.57. The second-order valence-electron chi connectivity index (χ2n) is 5.46. The van der Waals surface area contributed by atoms with Gasteiger partial charge in [0.1, 0.15) is 0 Å². The third kappa shape index (κ3) is 4.71. The highest BCUT2D eigenvalue weighted by molar-refractivity contribution is 6.33. The lowest BCUT2D eigenvalue weighted by molar-refractivity contribution is -0.134. The average Bonchev–Trinajstić information content (AvgIpc) is 2.97. The van der Waals surface area contributed by atoms with E-state index >= 15 is 0 Å². The molecular formula is C18H19ClN2O4. The highest BCUT2D eigenvalue weighted by atomic mass is 35.5. The number of fused-ring (bicyclic) bond motifs is 3. The Morgan fingerprint density at radius 3 is 2.36 bits per heavy atom. The molecule has 1 aromatic heterocycles. The third-order valence-corrected chi connectivity index (χ3v) is 4.10. The molecule has 0 fully saturated rings. The Morgan fingerprint density at radius 1 is 1.12 bits per heavy atom. The number of hydrogen-bond donors (Lipinski definition) is 3. The van der Waals surface area contributed by atoms with Crippen LogP contribution in [-0.4, -0.2) is 33.3 Å². The highest BCUT2D eigenvalue weighted by Crippen LogP contribution is 2.38. The van der Waals surface area contributed by atoms with Crippen LogP contribution in [0.25, 0.3) is 11.3 Å². The fourth-order valence-electron chi connectivity index (χ4n) is 2.80. The van der Waals surface area contributed by atoms with Crippen molar-refractivity contribution in [3.05, 3.63) is 58.8 Å². The summed E-state index contributed by atoms with van der Waals surface area (Å²) in [6, 6.07) is 8.36. The molecule has 1 aliphatic carbocycles. The lowest BCUT2D eigenvalue weighted by atomic mass is 9.90. The van der Waals surface area contributed by atoms with Crippen molar-refractivity contribution in [2.45, 2.75) is 19.4 Å². The molecule has 1 heterocycles. The summed E-state index contributed by atoms with van der Waals surface area (Å²) >= 11 is 6.35. The van der Waals surface area contributed by atoms with Crippen molar-refractivity contribution in [2.75, 3.05) is 6.54 Å². The van der Waals surface area contributed by atoms with E-state index < -0.39 is 11.9 Å². The molecule has 25 heavy (non-hydrogen) atoms. The number of benzene rings is 1. The standard InChI is InChI=1S/C14H15ClN2.C4H4O4/c15-12-3-1-2-10-4-5-11-6-8-17(9-7-16)14(11)13(10)12;5-3(6)1-2-4(7)8/h1-3,6,8H,4-5,7,9,16H2;1-2H,(H,5,6)(H,7,8). The number of aliphatic carboxylic acids is 2. The van der Waals surface area contributed by atoms with Crippen LogP contribution >= 0.6 is 11.6 Å². The van der Waals surface area contributed by atoms with Gasteiger partial charge < -0.3 is 20.5 Å². The number of carboxylic acid groups (broad SMARTS) is 2. The molecule has 1 aromatic carbocycles. The van der Waals surface area contributed by atoms with Crippen molar-refractivity contribution in [3.8, 4) is 11.3 Å². The first-order valence-electron chi connectivity index (χ1n) is 7.73. The van der Waals surface area contributed by atoms with E-state index in [4.69, 9.17) is 27.5 Å². The topological polar surface area (TPSA) is 106 Å². The molecule has 0 aliphatic heterocycles. The summed E-state index contributed by atoms with van der Waals surface area (Å²) in [5, 5.41) is 16.5. The Kier molecular flexibility index (Phi) is 6.38.